The van der Waals surface area contributed by atoms with Crippen molar-refractivity contribution >= 4 is 40.1 Å². The van der Waals surface area contributed by atoms with E-state index >= 15 is 0 Å². The number of aromatic nitrogens is 1. The molecule has 1 heterocycles. The number of aromatic carboxylic acids is 1. The summed E-state index contributed by atoms with van der Waals surface area (Å²) in [5.74, 6) is -1.19. The Labute approximate surface area is 172 Å². The Hall–Kier alpha value is -2.30. The molecule has 0 saturated heterocycles. The molecule has 0 unspecified atom stereocenters. The van der Waals surface area contributed by atoms with Gasteiger partial charge in [-0.2, -0.15) is 0 Å². The number of nitrogens with zero attached hydrogens (tertiary/aromatic N) is 1. The quantitative estimate of drug-likeness (QED) is 0.593. The molecule has 0 aliphatic heterocycles. The Bertz CT molecular complexity index is 1130. The van der Waals surface area contributed by atoms with Crippen molar-refractivity contribution in [1.82, 2.24) is 4.57 Å². The number of halogens is 2. The van der Waals surface area contributed by atoms with Gasteiger partial charge in [0.05, 0.1) is 15.6 Å². The van der Waals surface area contributed by atoms with E-state index < -0.39 is 11.4 Å². The second-order valence-electron chi connectivity index (χ2n) is 7.26. The Morgan fingerprint density at radius 3 is 2.61 bits per heavy atom. The highest BCUT2D eigenvalue weighted by Crippen LogP contribution is 2.33. The Morgan fingerprint density at radius 1 is 1.14 bits per heavy atom. The molecule has 1 aliphatic carbocycles. The van der Waals surface area contributed by atoms with E-state index in [2.05, 4.69) is 0 Å². The maximum Gasteiger partial charge on any atom is 0.341 e. The molecule has 4 rings (SSSR count). The van der Waals surface area contributed by atoms with Gasteiger partial charge in [-0.25, -0.2) is 4.79 Å². The van der Waals surface area contributed by atoms with Crippen LogP contribution < -0.4 is 5.43 Å². The molecular weight excluding hydrogens is 397 g/mol. The number of hydrogen-bond donors (Lipinski definition) is 1. The minimum Gasteiger partial charge on any atom is -0.477 e. The van der Waals surface area contributed by atoms with Gasteiger partial charge in [0.2, 0.25) is 5.43 Å². The van der Waals surface area contributed by atoms with Crippen LogP contribution in [-0.4, -0.2) is 15.6 Å². The van der Waals surface area contributed by atoms with E-state index in [0.29, 0.717) is 21.9 Å². The minimum absolute atomic E-state index is 0.183. The fourth-order valence-electron chi connectivity index (χ4n) is 4.05. The number of carboxylic acid groups (broad SMARTS) is 1. The minimum atomic E-state index is -1.19. The third kappa shape index (κ3) is 3.43. The van der Waals surface area contributed by atoms with E-state index in [-0.39, 0.29) is 11.6 Å². The van der Waals surface area contributed by atoms with Gasteiger partial charge < -0.3 is 9.67 Å². The number of pyridine rings is 1. The first kappa shape index (κ1) is 19.0. The molecule has 0 atom stereocenters. The van der Waals surface area contributed by atoms with E-state index in [1.807, 2.05) is 28.8 Å². The zero-order valence-electron chi connectivity index (χ0n) is 15.1. The number of carboxylic acids is 1. The van der Waals surface area contributed by atoms with Crippen molar-refractivity contribution in [3.05, 3.63) is 79.6 Å². The van der Waals surface area contributed by atoms with Gasteiger partial charge in [-0.3, -0.25) is 4.79 Å². The van der Waals surface area contributed by atoms with Crippen LogP contribution in [0.4, 0.5) is 0 Å². The van der Waals surface area contributed by atoms with Crippen LogP contribution in [0.25, 0.3) is 10.9 Å². The molecule has 0 spiro atoms. The lowest BCUT2D eigenvalue weighted by Crippen LogP contribution is -2.20. The Balaban J connectivity index is 1.86. The fraction of sp³-hybridized carbons (Fsp3) is 0.273. The third-order valence-corrected chi connectivity index (χ3v) is 6.33. The lowest BCUT2D eigenvalue weighted by atomic mass is 10.0. The SMILES string of the molecule is O=C(O)c1cn(C2CCCC2)c2ccc(Cc3cccc(Cl)c3Cl)cc2c1=O. The lowest BCUT2D eigenvalue weighted by Gasteiger charge is -2.19. The van der Waals surface area contributed by atoms with Gasteiger partial charge in [0.1, 0.15) is 5.56 Å². The highest BCUT2D eigenvalue weighted by Gasteiger charge is 2.22. The summed E-state index contributed by atoms with van der Waals surface area (Å²) in [6.45, 7) is 0. The summed E-state index contributed by atoms with van der Waals surface area (Å²) in [7, 11) is 0. The maximum absolute atomic E-state index is 12.8. The molecule has 0 bridgehead atoms. The summed E-state index contributed by atoms with van der Waals surface area (Å²) in [4.78, 5) is 24.5. The number of hydrogen-bond acceptors (Lipinski definition) is 2. The standard InChI is InChI=1S/C22H19Cl2NO3/c23-18-7-3-4-14(20(18)24)10-13-8-9-19-16(11-13)21(26)17(22(27)28)12-25(19)15-5-1-2-6-15/h3-4,7-9,11-12,15H,1-2,5-6,10H2,(H,27,28). The molecule has 1 N–H and O–H groups in total. The number of carbonyl (C=O) groups is 1. The van der Waals surface area contributed by atoms with Crippen LogP contribution in [-0.2, 0) is 6.42 Å². The number of fused-ring (bicyclic) bond motifs is 1. The summed E-state index contributed by atoms with van der Waals surface area (Å²) in [5, 5.41) is 10.9. The van der Waals surface area contributed by atoms with Crippen LogP contribution in [0.15, 0.2) is 47.4 Å². The molecule has 28 heavy (non-hydrogen) atoms. The normalized spacial score (nSPS) is 14.6. The van der Waals surface area contributed by atoms with E-state index in [9.17, 15) is 14.7 Å². The average Bonchev–Trinajstić information content (AvgIpc) is 3.20. The van der Waals surface area contributed by atoms with Gasteiger partial charge in [0.15, 0.2) is 0 Å². The summed E-state index contributed by atoms with van der Waals surface area (Å²) >= 11 is 12.4. The van der Waals surface area contributed by atoms with Crippen molar-refractivity contribution in [2.75, 3.05) is 0 Å². The van der Waals surface area contributed by atoms with Crippen molar-refractivity contribution in [3.63, 3.8) is 0 Å². The van der Waals surface area contributed by atoms with Crippen LogP contribution in [0.2, 0.25) is 10.0 Å². The zero-order valence-corrected chi connectivity index (χ0v) is 16.6. The van der Waals surface area contributed by atoms with Gasteiger partial charge >= 0.3 is 5.97 Å². The highest BCUT2D eigenvalue weighted by atomic mass is 35.5. The van der Waals surface area contributed by atoms with E-state index in [4.69, 9.17) is 23.2 Å². The van der Waals surface area contributed by atoms with Crippen molar-refractivity contribution in [2.24, 2.45) is 0 Å². The summed E-state index contributed by atoms with van der Waals surface area (Å²) < 4.78 is 1.98. The predicted octanol–water partition coefficient (Wildman–Crippen LogP) is 5.71. The van der Waals surface area contributed by atoms with Gasteiger partial charge in [0.25, 0.3) is 0 Å². The molecule has 144 valence electrons. The topological polar surface area (TPSA) is 59.3 Å². The molecule has 3 aromatic rings. The molecule has 1 fully saturated rings. The third-order valence-electron chi connectivity index (χ3n) is 5.47. The number of rotatable bonds is 4. The van der Waals surface area contributed by atoms with E-state index in [1.54, 1.807) is 12.1 Å². The fourth-order valence-corrected chi connectivity index (χ4v) is 4.44. The van der Waals surface area contributed by atoms with Crippen molar-refractivity contribution in [1.29, 1.82) is 0 Å². The lowest BCUT2D eigenvalue weighted by molar-refractivity contribution is 0.0694. The second-order valence-corrected chi connectivity index (χ2v) is 8.05. The molecule has 1 aliphatic rings. The molecule has 1 saturated carbocycles. The molecule has 0 amide bonds. The zero-order chi connectivity index (χ0) is 19.8. The first-order chi connectivity index (χ1) is 13.5. The van der Waals surface area contributed by atoms with Crippen LogP contribution in [0.3, 0.4) is 0 Å². The largest absolute Gasteiger partial charge is 0.477 e. The van der Waals surface area contributed by atoms with Crippen molar-refractivity contribution in [3.8, 4) is 0 Å². The van der Waals surface area contributed by atoms with E-state index in [0.717, 1.165) is 42.3 Å². The van der Waals surface area contributed by atoms with Crippen molar-refractivity contribution in [2.45, 2.75) is 38.1 Å². The van der Waals surface area contributed by atoms with Crippen molar-refractivity contribution < 1.29 is 9.90 Å². The Morgan fingerprint density at radius 2 is 1.89 bits per heavy atom. The van der Waals surface area contributed by atoms with Gasteiger partial charge in [0, 0.05) is 17.6 Å². The molecule has 1 aromatic heterocycles. The highest BCUT2D eigenvalue weighted by molar-refractivity contribution is 6.42. The van der Waals surface area contributed by atoms with Crippen LogP contribution in [0, 0.1) is 0 Å². The molecular formula is C22H19Cl2NO3. The summed E-state index contributed by atoms with van der Waals surface area (Å²) in [6, 6.07) is 11.3. The molecule has 2 aromatic carbocycles. The van der Waals surface area contributed by atoms with Gasteiger partial charge in [-0.05, 0) is 48.6 Å². The van der Waals surface area contributed by atoms with E-state index in [1.165, 1.54) is 6.20 Å². The predicted molar refractivity (Wildman–Crippen MR) is 112 cm³/mol. The van der Waals surface area contributed by atoms with Crippen LogP contribution in [0.5, 0.6) is 0 Å². The number of benzene rings is 2. The molecule has 4 nitrogen and oxygen atoms in total. The Kier molecular flexibility index (Phi) is 5.17. The first-order valence-corrected chi connectivity index (χ1v) is 10.1. The molecule has 6 heteroatoms. The van der Waals surface area contributed by atoms with Crippen LogP contribution >= 0.6 is 23.2 Å². The smallest absolute Gasteiger partial charge is 0.341 e. The monoisotopic (exact) mass is 415 g/mol. The second kappa shape index (κ2) is 7.61. The first-order valence-electron chi connectivity index (χ1n) is 9.29. The van der Waals surface area contributed by atoms with Crippen LogP contribution in [0.1, 0.15) is 53.2 Å². The van der Waals surface area contributed by atoms with Gasteiger partial charge in [-0.15, -0.1) is 0 Å². The molecule has 0 radical (unpaired) electrons. The average molecular weight is 416 g/mol. The summed E-state index contributed by atoms with van der Waals surface area (Å²) in [5.41, 5.74) is 1.89. The maximum atomic E-state index is 12.8. The summed E-state index contributed by atoms with van der Waals surface area (Å²) in [6.07, 6.45) is 6.25. The van der Waals surface area contributed by atoms with Gasteiger partial charge in [-0.1, -0.05) is 54.2 Å².